The molecular formula is C23H27FN4O4. The second kappa shape index (κ2) is 11.0. The van der Waals surface area contributed by atoms with E-state index in [9.17, 15) is 23.6 Å². The van der Waals surface area contributed by atoms with E-state index in [0.29, 0.717) is 0 Å². The number of carbonyl (C=O) groups excluding carboxylic acids is 4. The van der Waals surface area contributed by atoms with Crippen LogP contribution in [0.4, 0.5) is 4.39 Å². The third-order valence-corrected chi connectivity index (χ3v) is 5.13. The summed E-state index contributed by atoms with van der Waals surface area (Å²) in [6, 6.07) is 13.1. The Labute approximate surface area is 186 Å². The van der Waals surface area contributed by atoms with Crippen molar-refractivity contribution in [1.29, 1.82) is 0 Å². The number of rotatable bonds is 9. The van der Waals surface area contributed by atoms with E-state index in [1.54, 1.807) is 7.05 Å². The molecule has 2 aromatic carbocycles. The quantitative estimate of drug-likeness (QED) is 0.612. The van der Waals surface area contributed by atoms with Crippen LogP contribution >= 0.6 is 0 Å². The van der Waals surface area contributed by atoms with Gasteiger partial charge in [0.05, 0.1) is 24.6 Å². The van der Waals surface area contributed by atoms with Crippen LogP contribution < -0.4 is 11.1 Å². The first kappa shape index (κ1) is 24.5. The Morgan fingerprint density at radius 3 is 2.19 bits per heavy atom. The Morgan fingerprint density at radius 2 is 1.59 bits per heavy atom. The highest BCUT2D eigenvalue weighted by Crippen LogP contribution is 2.18. The highest BCUT2D eigenvalue weighted by atomic mass is 19.1. The molecule has 0 radical (unpaired) electrons. The lowest BCUT2D eigenvalue weighted by molar-refractivity contribution is -0.141. The number of halogens is 1. The molecule has 0 aliphatic carbocycles. The Kier molecular flexibility index (Phi) is 8.46. The lowest BCUT2D eigenvalue weighted by Crippen LogP contribution is -2.51. The van der Waals surface area contributed by atoms with E-state index in [1.165, 1.54) is 30.1 Å². The van der Waals surface area contributed by atoms with Crippen LogP contribution in [0.3, 0.4) is 0 Å². The molecule has 0 aliphatic rings. The lowest BCUT2D eigenvalue weighted by Gasteiger charge is -2.29. The fraction of sp³-hybridized carbons (Fsp3) is 0.304. The first-order chi connectivity index (χ1) is 15.1. The number of nitrogens with one attached hydrogen (secondary N) is 1. The van der Waals surface area contributed by atoms with Crippen LogP contribution in [0.5, 0.6) is 0 Å². The van der Waals surface area contributed by atoms with Crippen molar-refractivity contribution in [2.45, 2.75) is 25.4 Å². The van der Waals surface area contributed by atoms with Gasteiger partial charge < -0.3 is 20.9 Å². The predicted molar refractivity (Wildman–Crippen MR) is 117 cm³/mol. The van der Waals surface area contributed by atoms with E-state index in [4.69, 9.17) is 5.73 Å². The summed E-state index contributed by atoms with van der Waals surface area (Å²) in [7, 11) is 3.00. The van der Waals surface area contributed by atoms with Crippen LogP contribution in [0.15, 0.2) is 54.6 Å². The summed E-state index contributed by atoms with van der Waals surface area (Å²) in [5, 5.41) is 2.34. The van der Waals surface area contributed by atoms with Crippen LogP contribution in [0.25, 0.3) is 0 Å². The van der Waals surface area contributed by atoms with E-state index in [0.717, 1.165) is 16.5 Å². The average Bonchev–Trinajstić information content (AvgIpc) is 2.77. The molecule has 0 aromatic heterocycles. The van der Waals surface area contributed by atoms with Crippen molar-refractivity contribution in [3.63, 3.8) is 0 Å². The predicted octanol–water partition coefficient (Wildman–Crippen LogP) is 1.48. The van der Waals surface area contributed by atoms with Crippen molar-refractivity contribution in [2.75, 3.05) is 20.6 Å². The minimum atomic E-state index is -1.34. The molecule has 170 valence electrons. The number of hydrogen-bond acceptors (Lipinski definition) is 4. The van der Waals surface area contributed by atoms with Crippen LogP contribution in [-0.2, 0) is 14.4 Å². The molecule has 0 saturated carbocycles. The van der Waals surface area contributed by atoms with Crippen molar-refractivity contribution < 1.29 is 23.6 Å². The monoisotopic (exact) mass is 442 g/mol. The van der Waals surface area contributed by atoms with Crippen molar-refractivity contribution >= 4 is 23.6 Å². The zero-order valence-electron chi connectivity index (χ0n) is 18.2. The van der Waals surface area contributed by atoms with Crippen LogP contribution in [0, 0.1) is 5.82 Å². The molecule has 2 atom stereocenters. The molecule has 0 bridgehead atoms. The zero-order valence-corrected chi connectivity index (χ0v) is 18.2. The molecule has 0 heterocycles. The van der Waals surface area contributed by atoms with E-state index in [2.05, 4.69) is 5.32 Å². The molecule has 0 fully saturated rings. The maximum Gasteiger partial charge on any atom is 0.254 e. The Morgan fingerprint density at radius 1 is 1.00 bits per heavy atom. The number of nitrogens with two attached hydrogens (primary N) is 1. The van der Waals surface area contributed by atoms with Crippen LogP contribution in [-0.4, -0.2) is 60.1 Å². The molecule has 4 amide bonds. The van der Waals surface area contributed by atoms with E-state index in [-0.39, 0.29) is 24.1 Å². The SMILES string of the molecule is CC(c1ccccc1)N(C)C(=O)CN(C)C(=O)C(CC(N)=O)NC(=O)c1ccccc1F. The number of amides is 4. The van der Waals surface area contributed by atoms with E-state index in [1.807, 2.05) is 37.3 Å². The van der Waals surface area contributed by atoms with Crippen molar-refractivity contribution in [3.05, 3.63) is 71.5 Å². The van der Waals surface area contributed by atoms with Crippen molar-refractivity contribution in [2.24, 2.45) is 5.73 Å². The topological polar surface area (TPSA) is 113 Å². The largest absolute Gasteiger partial charge is 0.370 e. The molecule has 32 heavy (non-hydrogen) atoms. The minimum Gasteiger partial charge on any atom is -0.370 e. The van der Waals surface area contributed by atoms with Crippen LogP contribution in [0.1, 0.15) is 35.3 Å². The summed E-state index contributed by atoms with van der Waals surface area (Å²) in [5.74, 6) is -3.49. The number of benzene rings is 2. The summed E-state index contributed by atoms with van der Waals surface area (Å²) < 4.78 is 13.9. The van der Waals surface area contributed by atoms with Gasteiger partial charge in [0.15, 0.2) is 0 Å². The maximum absolute atomic E-state index is 13.9. The number of primary amides is 1. The van der Waals surface area contributed by atoms with Crippen LogP contribution in [0.2, 0.25) is 0 Å². The standard InChI is InChI=1S/C23H27FN4O4/c1-15(16-9-5-4-6-10-16)28(3)21(30)14-27(2)23(32)19(13-20(25)29)26-22(31)17-11-7-8-12-18(17)24/h4-12,15,19H,13-14H2,1-3H3,(H2,25,29)(H,26,31). The third kappa shape index (κ3) is 6.37. The van der Waals surface area contributed by atoms with E-state index < -0.39 is 36.0 Å². The fourth-order valence-electron chi connectivity index (χ4n) is 3.11. The number of likely N-dealkylation sites (N-methyl/N-ethyl adjacent to an activating group) is 2. The summed E-state index contributed by atoms with van der Waals surface area (Å²) in [4.78, 5) is 52.0. The highest BCUT2D eigenvalue weighted by molar-refractivity contribution is 5.99. The van der Waals surface area contributed by atoms with Crippen molar-refractivity contribution in [3.8, 4) is 0 Å². The van der Waals surface area contributed by atoms with Gasteiger partial charge in [-0.05, 0) is 24.6 Å². The molecule has 0 spiro atoms. The smallest absolute Gasteiger partial charge is 0.254 e. The third-order valence-electron chi connectivity index (χ3n) is 5.13. The lowest BCUT2D eigenvalue weighted by atomic mass is 10.1. The summed E-state index contributed by atoms with van der Waals surface area (Å²) in [6.07, 6.45) is -0.492. The molecule has 2 aromatic rings. The summed E-state index contributed by atoms with van der Waals surface area (Å²) >= 11 is 0. The zero-order chi connectivity index (χ0) is 23.8. The van der Waals surface area contributed by atoms with Gasteiger partial charge in [-0.3, -0.25) is 19.2 Å². The highest BCUT2D eigenvalue weighted by Gasteiger charge is 2.29. The van der Waals surface area contributed by atoms with Gasteiger partial charge >= 0.3 is 0 Å². The summed E-state index contributed by atoms with van der Waals surface area (Å²) in [5.41, 5.74) is 5.88. The Balaban J connectivity index is 2.08. The number of hydrogen-bond donors (Lipinski definition) is 2. The Hall–Kier alpha value is -3.75. The van der Waals surface area contributed by atoms with Gasteiger partial charge in [0.1, 0.15) is 11.9 Å². The number of nitrogens with zero attached hydrogens (tertiary/aromatic N) is 2. The molecule has 8 nitrogen and oxygen atoms in total. The first-order valence-corrected chi connectivity index (χ1v) is 10.0. The maximum atomic E-state index is 13.9. The van der Waals surface area contributed by atoms with Gasteiger partial charge in [0.2, 0.25) is 17.7 Å². The molecular weight excluding hydrogens is 415 g/mol. The molecule has 3 N–H and O–H groups in total. The van der Waals surface area contributed by atoms with Gasteiger partial charge in [0, 0.05) is 14.1 Å². The Bertz CT molecular complexity index is 983. The molecule has 2 rings (SSSR count). The first-order valence-electron chi connectivity index (χ1n) is 10.0. The van der Waals surface area contributed by atoms with Gasteiger partial charge in [-0.15, -0.1) is 0 Å². The minimum absolute atomic E-state index is 0.227. The molecule has 0 saturated heterocycles. The average molecular weight is 442 g/mol. The van der Waals surface area contributed by atoms with Gasteiger partial charge in [-0.1, -0.05) is 42.5 Å². The van der Waals surface area contributed by atoms with Gasteiger partial charge in [-0.2, -0.15) is 0 Å². The second-order valence-electron chi connectivity index (χ2n) is 7.46. The normalized spacial score (nSPS) is 12.4. The molecule has 2 unspecified atom stereocenters. The van der Waals surface area contributed by atoms with E-state index >= 15 is 0 Å². The second-order valence-corrected chi connectivity index (χ2v) is 7.46. The fourth-order valence-corrected chi connectivity index (χ4v) is 3.11. The molecule has 9 heteroatoms. The van der Waals surface area contributed by atoms with Gasteiger partial charge in [-0.25, -0.2) is 4.39 Å². The summed E-state index contributed by atoms with van der Waals surface area (Å²) in [6.45, 7) is 1.58. The molecule has 0 aliphatic heterocycles. The number of carbonyl (C=O) groups is 4. The van der Waals surface area contributed by atoms with Crippen molar-refractivity contribution in [1.82, 2.24) is 15.1 Å². The van der Waals surface area contributed by atoms with Gasteiger partial charge in [0.25, 0.3) is 5.91 Å².